The van der Waals surface area contributed by atoms with E-state index in [9.17, 15) is 4.79 Å². The molecule has 2 unspecified atom stereocenters. The lowest BCUT2D eigenvalue weighted by Crippen LogP contribution is -2.48. The number of aromatic nitrogens is 2. The van der Waals surface area contributed by atoms with Crippen LogP contribution in [-0.4, -0.2) is 47.1 Å². The highest BCUT2D eigenvalue weighted by molar-refractivity contribution is 5.74. The van der Waals surface area contributed by atoms with E-state index in [1.165, 1.54) is 6.42 Å². The molecule has 6 nitrogen and oxygen atoms in total. The molecular weight excluding hydrogens is 254 g/mol. The maximum absolute atomic E-state index is 12.1. The summed E-state index contributed by atoms with van der Waals surface area (Å²) in [6.07, 6.45) is 4.57. The van der Waals surface area contributed by atoms with Gasteiger partial charge < -0.3 is 15.5 Å². The second-order valence-corrected chi connectivity index (χ2v) is 5.58. The van der Waals surface area contributed by atoms with Crippen molar-refractivity contribution in [1.82, 2.24) is 20.2 Å². The first kappa shape index (κ1) is 14.6. The van der Waals surface area contributed by atoms with Crippen LogP contribution >= 0.6 is 0 Å². The predicted molar refractivity (Wildman–Crippen MR) is 78.4 cm³/mol. The van der Waals surface area contributed by atoms with Gasteiger partial charge in [0.25, 0.3) is 0 Å². The summed E-state index contributed by atoms with van der Waals surface area (Å²) in [6, 6.07) is 1.80. The number of amides is 2. The van der Waals surface area contributed by atoms with E-state index in [4.69, 9.17) is 0 Å². The Morgan fingerprint density at radius 3 is 2.55 bits per heavy atom. The second-order valence-electron chi connectivity index (χ2n) is 5.58. The first-order chi connectivity index (χ1) is 9.65. The number of carbonyl (C=O) groups is 1. The Bertz CT molecular complexity index is 415. The van der Waals surface area contributed by atoms with Gasteiger partial charge in [0.15, 0.2) is 0 Å². The highest BCUT2D eigenvalue weighted by atomic mass is 16.2. The summed E-state index contributed by atoms with van der Waals surface area (Å²) < 4.78 is 0. The molecule has 0 radical (unpaired) electrons. The van der Waals surface area contributed by atoms with Crippen molar-refractivity contribution in [1.29, 1.82) is 0 Å². The topological polar surface area (TPSA) is 70.2 Å². The fourth-order valence-electron chi connectivity index (χ4n) is 2.67. The van der Waals surface area contributed by atoms with Gasteiger partial charge >= 0.3 is 6.03 Å². The SMILES string of the molecule is CC1CC(C)CN(C(=O)NCCNc2ncccn2)C1. The maximum atomic E-state index is 12.1. The summed E-state index contributed by atoms with van der Waals surface area (Å²) in [5.41, 5.74) is 0. The van der Waals surface area contributed by atoms with Crippen LogP contribution in [-0.2, 0) is 0 Å². The Balaban J connectivity index is 1.67. The smallest absolute Gasteiger partial charge is 0.317 e. The number of piperidine rings is 1. The monoisotopic (exact) mass is 277 g/mol. The molecule has 2 amide bonds. The summed E-state index contributed by atoms with van der Waals surface area (Å²) in [5, 5.41) is 6.00. The van der Waals surface area contributed by atoms with Gasteiger partial charge in [-0.05, 0) is 24.3 Å². The summed E-state index contributed by atoms with van der Waals surface area (Å²) in [4.78, 5) is 22.1. The van der Waals surface area contributed by atoms with Crippen molar-refractivity contribution in [2.24, 2.45) is 11.8 Å². The molecule has 1 aromatic heterocycles. The van der Waals surface area contributed by atoms with Crippen molar-refractivity contribution in [3.63, 3.8) is 0 Å². The Morgan fingerprint density at radius 1 is 1.25 bits per heavy atom. The van der Waals surface area contributed by atoms with E-state index >= 15 is 0 Å². The minimum atomic E-state index is 0.0270. The van der Waals surface area contributed by atoms with Crippen LogP contribution in [0.25, 0.3) is 0 Å². The lowest BCUT2D eigenvalue weighted by molar-refractivity contribution is 0.146. The van der Waals surface area contributed by atoms with Gasteiger partial charge in [0.05, 0.1) is 0 Å². The lowest BCUT2D eigenvalue weighted by Gasteiger charge is -2.34. The van der Waals surface area contributed by atoms with Gasteiger partial charge in [-0.15, -0.1) is 0 Å². The van der Waals surface area contributed by atoms with E-state index in [1.807, 2.05) is 4.90 Å². The molecule has 2 N–H and O–H groups in total. The second kappa shape index (κ2) is 7.07. The van der Waals surface area contributed by atoms with E-state index in [0.29, 0.717) is 30.9 Å². The van der Waals surface area contributed by atoms with Crippen LogP contribution in [0.2, 0.25) is 0 Å². The zero-order valence-corrected chi connectivity index (χ0v) is 12.2. The highest BCUT2D eigenvalue weighted by Crippen LogP contribution is 2.20. The van der Waals surface area contributed by atoms with Gasteiger partial charge in [-0.3, -0.25) is 0 Å². The molecule has 0 saturated carbocycles. The molecule has 2 heterocycles. The van der Waals surface area contributed by atoms with Crippen molar-refractivity contribution in [2.45, 2.75) is 20.3 Å². The van der Waals surface area contributed by atoms with Crippen molar-refractivity contribution in [2.75, 3.05) is 31.5 Å². The molecule has 1 aliphatic rings. The van der Waals surface area contributed by atoms with E-state index in [-0.39, 0.29) is 6.03 Å². The van der Waals surface area contributed by atoms with E-state index < -0.39 is 0 Å². The third kappa shape index (κ3) is 4.36. The van der Waals surface area contributed by atoms with E-state index in [1.54, 1.807) is 18.5 Å². The number of hydrogen-bond acceptors (Lipinski definition) is 4. The first-order valence-corrected chi connectivity index (χ1v) is 7.19. The van der Waals surface area contributed by atoms with E-state index in [0.717, 1.165) is 13.1 Å². The highest BCUT2D eigenvalue weighted by Gasteiger charge is 2.24. The summed E-state index contributed by atoms with van der Waals surface area (Å²) in [7, 11) is 0. The average Bonchev–Trinajstić information content (AvgIpc) is 2.43. The number of likely N-dealkylation sites (tertiary alicyclic amines) is 1. The molecule has 1 aliphatic heterocycles. The largest absolute Gasteiger partial charge is 0.352 e. The Hall–Kier alpha value is -1.85. The van der Waals surface area contributed by atoms with Gasteiger partial charge in [-0.25, -0.2) is 14.8 Å². The molecular formula is C14H23N5O. The Morgan fingerprint density at radius 2 is 1.90 bits per heavy atom. The number of rotatable bonds is 4. The van der Waals surface area contributed by atoms with Gasteiger partial charge in [-0.2, -0.15) is 0 Å². The van der Waals surface area contributed by atoms with Crippen LogP contribution in [0.4, 0.5) is 10.7 Å². The normalized spacial score (nSPS) is 22.4. The standard InChI is InChI=1S/C14H23N5O/c1-11-8-12(2)10-19(9-11)14(20)18-7-6-17-13-15-4-3-5-16-13/h3-5,11-12H,6-10H2,1-2H3,(H,18,20)(H,15,16,17). The van der Waals surface area contributed by atoms with Gasteiger partial charge in [0, 0.05) is 38.6 Å². The predicted octanol–water partition coefficient (Wildman–Crippen LogP) is 1.58. The molecule has 2 rings (SSSR count). The Labute approximate surface area is 120 Å². The average molecular weight is 277 g/mol. The maximum Gasteiger partial charge on any atom is 0.317 e. The quantitative estimate of drug-likeness (QED) is 0.820. The molecule has 0 bridgehead atoms. The zero-order chi connectivity index (χ0) is 14.4. The van der Waals surface area contributed by atoms with Crippen LogP contribution in [0.1, 0.15) is 20.3 Å². The third-order valence-electron chi connectivity index (χ3n) is 3.41. The van der Waals surface area contributed by atoms with Crippen LogP contribution < -0.4 is 10.6 Å². The van der Waals surface area contributed by atoms with Crippen molar-refractivity contribution >= 4 is 12.0 Å². The van der Waals surface area contributed by atoms with Gasteiger partial charge in [0.2, 0.25) is 5.95 Å². The van der Waals surface area contributed by atoms with Crippen molar-refractivity contribution < 1.29 is 4.79 Å². The van der Waals surface area contributed by atoms with Crippen molar-refractivity contribution in [3.8, 4) is 0 Å². The van der Waals surface area contributed by atoms with Crippen molar-refractivity contribution in [3.05, 3.63) is 18.5 Å². The number of anilines is 1. The molecule has 110 valence electrons. The van der Waals surface area contributed by atoms with Crippen LogP contribution in [0.3, 0.4) is 0 Å². The van der Waals surface area contributed by atoms with Crippen LogP contribution in [0, 0.1) is 11.8 Å². The molecule has 0 spiro atoms. The fourth-order valence-corrected chi connectivity index (χ4v) is 2.67. The molecule has 1 saturated heterocycles. The van der Waals surface area contributed by atoms with E-state index in [2.05, 4.69) is 34.4 Å². The molecule has 1 fully saturated rings. The minimum Gasteiger partial charge on any atom is -0.352 e. The van der Waals surface area contributed by atoms with Crippen LogP contribution in [0.15, 0.2) is 18.5 Å². The first-order valence-electron chi connectivity index (χ1n) is 7.19. The number of carbonyl (C=O) groups excluding carboxylic acids is 1. The number of hydrogen-bond donors (Lipinski definition) is 2. The zero-order valence-electron chi connectivity index (χ0n) is 12.2. The minimum absolute atomic E-state index is 0.0270. The molecule has 0 aliphatic carbocycles. The Kier molecular flexibility index (Phi) is 5.15. The number of nitrogens with zero attached hydrogens (tertiary/aromatic N) is 3. The number of nitrogens with one attached hydrogen (secondary N) is 2. The lowest BCUT2D eigenvalue weighted by atomic mass is 9.92. The molecule has 6 heteroatoms. The summed E-state index contributed by atoms with van der Waals surface area (Å²) in [5.74, 6) is 1.75. The van der Waals surface area contributed by atoms with Crippen LogP contribution in [0.5, 0.6) is 0 Å². The fraction of sp³-hybridized carbons (Fsp3) is 0.643. The number of urea groups is 1. The molecule has 1 aromatic rings. The molecule has 2 atom stereocenters. The summed E-state index contributed by atoms with van der Waals surface area (Å²) >= 11 is 0. The molecule has 20 heavy (non-hydrogen) atoms. The summed E-state index contributed by atoms with van der Waals surface area (Å²) in [6.45, 7) is 7.29. The van der Waals surface area contributed by atoms with Gasteiger partial charge in [0.1, 0.15) is 0 Å². The molecule has 0 aromatic carbocycles. The van der Waals surface area contributed by atoms with Gasteiger partial charge in [-0.1, -0.05) is 13.8 Å². The third-order valence-corrected chi connectivity index (χ3v) is 3.41.